The van der Waals surface area contributed by atoms with Crippen LogP contribution >= 0.6 is 0 Å². The third kappa shape index (κ3) is 3.43. The molecule has 1 aliphatic heterocycles. The molecule has 0 bridgehead atoms. The topological polar surface area (TPSA) is 80.3 Å². The van der Waals surface area contributed by atoms with E-state index in [1.165, 1.54) is 12.3 Å². The number of nitrogens with zero attached hydrogens (tertiary/aromatic N) is 1. The van der Waals surface area contributed by atoms with E-state index in [2.05, 4.69) is 15.0 Å². The molecule has 2 heterocycles. The Morgan fingerprint density at radius 2 is 2.26 bits per heavy atom. The van der Waals surface area contributed by atoms with Gasteiger partial charge in [-0.3, -0.25) is 0 Å². The summed E-state index contributed by atoms with van der Waals surface area (Å²) in [4.78, 5) is 4.17. The van der Waals surface area contributed by atoms with Crippen LogP contribution in [0.2, 0.25) is 0 Å². The lowest BCUT2D eigenvalue weighted by Crippen LogP contribution is -2.40. The summed E-state index contributed by atoms with van der Waals surface area (Å²) in [6.07, 6.45) is 3.17. The summed E-state index contributed by atoms with van der Waals surface area (Å²) >= 11 is 0. The Balaban J connectivity index is 2.08. The molecule has 19 heavy (non-hydrogen) atoms. The molecule has 0 aliphatic carbocycles. The first-order chi connectivity index (χ1) is 9.03. The highest BCUT2D eigenvalue weighted by Gasteiger charge is 2.27. The summed E-state index contributed by atoms with van der Waals surface area (Å²) in [5, 5.41) is 2.84. The van der Waals surface area contributed by atoms with E-state index in [-0.39, 0.29) is 17.0 Å². The third-order valence-electron chi connectivity index (χ3n) is 3.17. The Kier molecular flexibility index (Phi) is 4.38. The molecule has 1 saturated heterocycles. The molecule has 106 valence electrons. The number of pyridine rings is 1. The van der Waals surface area contributed by atoms with Crippen molar-refractivity contribution in [1.29, 1.82) is 0 Å². The normalized spacial score (nSPS) is 21.3. The number of sulfonamides is 1. The molecule has 0 amide bonds. The van der Waals surface area contributed by atoms with E-state index in [1.54, 1.807) is 13.1 Å². The molecule has 2 N–H and O–H groups in total. The van der Waals surface area contributed by atoms with Gasteiger partial charge in [0.25, 0.3) is 0 Å². The predicted molar refractivity (Wildman–Crippen MR) is 72.5 cm³/mol. The maximum Gasteiger partial charge on any atom is 0.242 e. The van der Waals surface area contributed by atoms with Gasteiger partial charge in [-0.05, 0) is 31.9 Å². The van der Waals surface area contributed by atoms with Crippen LogP contribution in [0.4, 0.5) is 5.82 Å². The Morgan fingerprint density at radius 3 is 2.79 bits per heavy atom. The van der Waals surface area contributed by atoms with Crippen molar-refractivity contribution >= 4 is 15.8 Å². The van der Waals surface area contributed by atoms with Gasteiger partial charge in [-0.15, -0.1) is 0 Å². The summed E-state index contributed by atoms with van der Waals surface area (Å²) in [6, 6.07) is 2.92. The van der Waals surface area contributed by atoms with Gasteiger partial charge in [-0.25, -0.2) is 18.1 Å². The number of rotatable bonds is 5. The molecule has 6 nitrogen and oxygen atoms in total. The maximum absolute atomic E-state index is 12.2. The SMILES string of the molecule is CNc1ccc(S(=O)(=O)NC(C)C2CCCO2)cn1. The zero-order valence-corrected chi connectivity index (χ0v) is 11.9. The van der Waals surface area contributed by atoms with Gasteiger partial charge in [-0.2, -0.15) is 0 Å². The van der Waals surface area contributed by atoms with Crippen molar-refractivity contribution in [1.82, 2.24) is 9.71 Å². The number of anilines is 1. The molecule has 7 heteroatoms. The first-order valence-corrected chi connectivity index (χ1v) is 7.79. The number of nitrogens with one attached hydrogen (secondary N) is 2. The van der Waals surface area contributed by atoms with Crippen molar-refractivity contribution in [2.45, 2.75) is 36.8 Å². The Morgan fingerprint density at radius 1 is 1.47 bits per heavy atom. The van der Waals surface area contributed by atoms with Crippen LogP contribution in [-0.2, 0) is 14.8 Å². The minimum Gasteiger partial charge on any atom is -0.377 e. The fraction of sp³-hybridized carbons (Fsp3) is 0.583. The van der Waals surface area contributed by atoms with Crippen LogP contribution < -0.4 is 10.0 Å². The average Bonchev–Trinajstić information content (AvgIpc) is 2.92. The van der Waals surface area contributed by atoms with E-state index >= 15 is 0 Å². The van der Waals surface area contributed by atoms with Gasteiger partial charge in [-0.1, -0.05) is 0 Å². The number of aromatic nitrogens is 1. The van der Waals surface area contributed by atoms with Crippen LogP contribution in [-0.4, -0.2) is 39.2 Å². The highest BCUT2D eigenvalue weighted by Crippen LogP contribution is 2.18. The summed E-state index contributed by atoms with van der Waals surface area (Å²) < 4.78 is 32.5. The van der Waals surface area contributed by atoms with Crippen molar-refractivity contribution in [3.8, 4) is 0 Å². The van der Waals surface area contributed by atoms with Gasteiger partial charge >= 0.3 is 0 Å². The van der Waals surface area contributed by atoms with Gasteiger partial charge < -0.3 is 10.1 Å². The van der Waals surface area contributed by atoms with Crippen molar-refractivity contribution < 1.29 is 13.2 Å². The second-order valence-corrected chi connectivity index (χ2v) is 6.30. The molecule has 0 aromatic carbocycles. The van der Waals surface area contributed by atoms with Gasteiger partial charge in [0.05, 0.1) is 6.10 Å². The lowest BCUT2D eigenvalue weighted by molar-refractivity contribution is 0.0902. The fourth-order valence-corrected chi connectivity index (χ4v) is 3.29. The first kappa shape index (κ1) is 14.2. The standard InChI is InChI=1S/C12H19N3O3S/c1-9(11-4-3-7-18-11)15-19(16,17)10-5-6-12(13-2)14-8-10/h5-6,8-9,11,15H,3-4,7H2,1-2H3,(H,13,14). The minimum absolute atomic E-state index is 0.0423. The molecule has 2 unspecified atom stereocenters. The quantitative estimate of drug-likeness (QED) is 0.842. The number of hydrogen-bond acceptors (Lipinski definition) is 5. The monoisotopic (exact) mass is 285 g/mol. The van der Waals surface area contributed by atoms with Gasteiger partial charge in [0.1, 0.15) is 10.7 Å². The fourth-order valence-electron chi connectivity index (χ4n) is 2.07. The highest BCUT2D eigenvalue weighted by molar-refractivity contribution is 7.89. The maximum atomic E-state index is 12.2. The van der Waals surface area contributed by atoms with Gasteiger partial charge in [0.2, 0.25) is 10.0 Å². The Hall–Kier alpha value is -1.18. The number of hydrogen-bond donors (Lipinski definition) is 2. The zero-order valence-electron chi connectivity index (χ0n) is 11.1. The lowest BCUT2D eigenvalue weighted by Gasteiger charge is -2.19. The van der Waals surface area contributed by atoms with Crippen molar-refractivity contribution in [3.63, 3.8) is 0 Å². The first-order valence-electron chi connectivity index (χ1n) is 6.30. The predicted octanol–water partition coefficient (Wildman–Crippen LogP) is 0.969. The van der Waals surface area contributed by atoms with Crippen LogP contribution in [0.3, 0.4) is 0 Å². The molecule has 2 atom stereocenters. The third-order valence-corrected chi connectivity index (χ3v) is 4.71. The minimum atomic E-state index is -3.54. The lowest BCUT2D eigenvalue weighted by atomic mass is 10.1. The largest absolute Gasteiger partial charge is 0.377 e. The van der Waals surface area contributed by atoms with Crippen LogP contribution in [0, 0.1) is 0 Å². The summed E-state index contributed by atoms with van der Waals surface area (Å²) in [5.41, 5.74) is 0. The van der Waals surface area contributed by atoms with Crippen molar-refractivity contribution in [2.75, 3.05) is 19.0 Å². The Labute approximate surface area is 113 Å². The number of ether oxygens (including phenoxy) is 1. The average molecular weight is 285 g/mol. The zero-order chi connectivity index (χ0) is 13.9. The second kappa shape index (κ2) is 5.85. The van der Waals surface area contributed by atoms with E-state index in [4.69, 9.17) is 4.74 Å². The van der Waals surface area contributed by atoms with E-state index in [9.17, 15) is 8.42 Å². The van der Waals surface area contributed by atoms with E-state index in [0.717, 1.165) is 12.8 Å². The van der Waals surface area contributed by atoms with E-state index < -0.39 is 10.0 Å². The van der Waals surface area contributed by atoms with Crippen molar-refractivity contribution in [2.24, 2.45) is 0 Å². The summed E-state index contributed by atoms with van der Waals surface area (Å²) in [5.74, 6) is 0.631. The summed E-state index contributed by atoms with van der Waals surface area (Å²) in [6.45, 7) is 2.53. The van der Waals surface area contributed by atoms with E-state index in [0.29, 0.717) is 12.4 Å². The molecule has 1 aromatic rings. The molecule has 0 radical (unpaired) electrons. The van der Waals surface area contributed by atoms with Crippen LogP contribution in [0.1, 0.15) is 19.8 Å². The smallest absolute Gasteiger partial charge is 0.242 e. The van der Waals surface area contributed by atoms with Crippen molar-refractivity contribution in [3.05, 3.63) is 18.3 Å². The molecule has 1 aromatic heterocycles. The molecular weight excluding hydrogens is 266 g/mol. The molecule has 1 fully saturated rings. The molecule has 0 spiro atoms. The van der Waals surface area contributed by atoms with Crippen LogP contribution in [0.5, 0.6) is 0 Å². The van der Waals surface area contributed by atoms with E-state index in [1.807, 2.05) is 6.92 Å². The Bertz CT molecular complexity index is 510. The highest BCUT2D eigenvalue weighted by atomic mass is 32.2. The van der Waals surface area contributed by atoms with Gasteiger partial charge in [0.15, 0.2) is 0 Å². The second-order valence-electron chi connectivity index (χ2n) is 4.59. The van der Waals surface area contributed by atoms with Gasteiger partial charge in [0, 0.05) is 25.9 Å². The molecule has 2 rings (SSSR count). The molecule has 0 saturated carbocycles. The van der Waals surface area contributed by atoms with Crippen LogP contribution in [0.15, 0.2) is 23.2 Å². The summed E-state index contributed by atoms with van der Waals surface area (Å²) in [7, 11) is -1.81. The molecule has 1 aliphatic rings. The van der Waals surface area contributed by atoms with Crippen LogP contribution in [0.25, 0.3) is 0 Å². The molecular formula is C12H19N3O3S.